The fraction of sp³-hybridized carbons (Fsp3) is 0.583. The van der Waals surface area contributed by atoms with Gasteiger partial charge in [-0.2, -0.15) is 11.8 Å². The van der Waals surface area contributed by atoms with Gasteiger partial charge in [0.05, 0.1) is 24.4 Å². The Morgan fingerprint density at radius 2 is 1.91 bits per heavy atom. The lowest BCUT2D eigenvalue weighted by Gasteiger charge is -2.31. The minimum absolute atomic E-state index is 0.0600. The number of aliphatic carboxylic acids is 1. The van der Waals surface area contributed by atoms with Crippen LogP contribution in [0.1, 0.15) is 38.4 Å². The van der Waals surface area contributed by atoms with E-state index in [-0.39, 0.29) is 29.3 Å². The highest BCUT2D eigenvalue weighted by atomic mass is 32.2. The van der Waals surface area contributed by atoms with Crippen LogP contribution in [0.15, 0.2) is 16.9 Å². The summed E-state index contributed by atoms with van der Waals surface area (Å²) in [5.74, 6) is 0.182. The van der Waals surface area contributed by atoms with E-state index in [9.17, 15) is 18.8 Å². The van der Waals surface area contributed by atoms with E-state index in [4.69, 9.17) is 9.84 Å². The molecule has 0 bridgehead atoms. The number of fused-ring (bicyclic) bond motifs is 1. The summed E-state index contributed by atoms with van der Waals surface area (Å²) in [6.07, 6.45) is 3.41. The predicted octanol–water partition coefficient (Wildman–Crippen LogP) is 2.48. The quantitative estimate of drug-likeness (QED) is 0.561. The number of halogens is 1. The summed E-state index contributed by atoms with van der Waals surface area (Å²) in [5.41, 5.74) is -0.246. The van der Waals surface area contributed by atoms with Gasteiger partial charge in [0, 0.05) is 37.4 Å². The lowest BCUT2D eigenvalue weighted by Crippen LogP contribution is -2.38. The molecule has 2 fully saturated rings. The molecule has 0 unspecified atom stereocenters. The third-order valence-electron chi connectivity index (χ3n) is 6.68. The monoisotopic (exact) mass is 506 g/mol. The van der Waals surface area contributed by atoms with Crippen LogP contribution >= 0.6 is 11.8 Å². The summed E-state index contributed by atoms with van der Waals surface area (Å²) in [5, 5.41) is 9.19. The Hall–Kier alpha value is -2.66. The summed E-state index contributed by atoms with van der Waals surface area (Å²) >= 11 is 1.67. The number of carboxylic acid groups (broad SMARTS) is 1. The Morgan fingerprint density at radius 3 is 2.57 bits per heavy atom. The summed E-state index contributed by atoms with van der Waals surface area (Å²) < 4.78 is 20.6. The molecule has 1 aromatic heterocycles. The van der Waals surface area contributed by atoms with E-state index in [2.05, 4.69) is 9.97 Å². The van der Waals surface area contributed by atoms with Crippen LogP contribution in [-0.2, 0) is 15.3 Å². The number of hydrogen-bond donors (Lipinski definition) is 2. The van der Waals surface area contributed by atoms with E-state index in [0.717, 1.165) is 38.8 Å². The van der Waals surface area contributed by atoms with Crippen LogP contribution in [0.5, 0.6) is 5.75 Å². The second-order valence-corrected chi connectivity index (χ2v) is 10.5. The molecular formula is C24H31FN4O5S. The van der Waals surface area contributed by atoms with Gasteiger partial charge in [0.2, 0.25) is 5.91 Å². The van der Waals surface area contributed by atoms with Crippen molar-refractivity contribution in [2.24, 2.45) is 5.92 Å². The van der Waals surface area contributed by atoms with Gasteiger partial charge in [-0.15, -0.1) is 0 Å². The van der Waals surface area contributed by atoms with Gasteiger partial charge < -0.3 is 19.7 Å². The van der Waals surface area contributed by atoms with Crippen LogP contribution in [0.25, 0.3) is 10.9 Å². The Morgan fingerprint density at radius 1 is 1.20 bits per heavy atom. The maximum atomic E-state index is 14.7. The molecule has 4 rings (SSSR count). The van der Waals surface area contributed by atoms with E-state index >= 15 is 0 Å². The van der Waals surface area contributed by atoms with E-state index in [1.165, 1.54) is 6.07 Å². The number of carbonyl (C=O) groups is 2. The van der Waals surface area contributed by atoms with Crippen LogP contribution in [0.2, 0.25) is 0 Å². The minimum Gasteiger partial charge on any atom is -0.493 e. The second-order valence-electron chi connectivity index (χ2n) is 9.25. The van der Waals surface area contributed by atoms with E-state index < -0.39 is 17.3 Å². The van der Waals surface area contributed by atoms with Crippen molar-refractivity contribution in [3.8, 4) is 5.75 Å². The zero-order valence-electron chi connectivity index (χ0n) is 19.8. The van der Waals surface area contributed by atoms with Crippen molar-refractivity contribution in [3.05, 3.63) is 34.1 Å². The number of carbonyl (C=O) groups excluding carboxylic acids is 1. The van der Waals surface area contributed by atoms with Gasteiger partial charge >= 0.3 is 5.97 Å². The number of likely N-dealkylation sites (tertiary alicyclic amines) is 2. The standard InChI is InChI=1S/C24H31FN4O5S/c1-15(30)29-8-2-16(3-9-29)13-34-17-10-19(25)23-20(11-17)26-21(27-24(23)33)14-35-18-4-6-28(7-5-18)12-22(31)32/h10-11,16,18H,2-9,12-14H2,1H3,(H,31,32)(H,26,27,33). The molecule has 1 aromatic carbocycles. The number of piperidine rings is 2. The van der Waals surface area contributed by atoms with Gasteiger partial charge in [-0.3, -0.25) is 19.3 Å². The van der Waals surface area contributed by atoms with Gasteiger partial charge in [0.15, 0.2) is 0 Å². The van der Waals surface area contributed by atoms with Crippen molar-refractivity contribution in [2.45, 2.75) is 43.6 Å². The van der Waals surface area contributed by atoms with Crippen LogP contribution in [0, 0.1) is 11.7 Å². The molecule has 0 spiro atoms. The molecule has 3 heterocycles. The SMILES string of the molecule is CC(=O)N1CCC(COc2cc(F)c3c(=O)[nH]c(CSC4CCN(CC(=O)O)CC4)nc3c2)CC1. The number of amides is 1. The molecular weight excluding hydrogens is 475 g/mol. The number of benzene rings is 1. The second kappa shape index (κ2) is 11.4. The van der Waals surface area contributed by atoms with Gasteiger partial charge in [-0.05, 0) is 44.7 Å². The number of thioether (sulfide) groups is 1. The zero-order valence-corrected chi connectivity index (χ0v) is 20.6. The highest BCUT2D eigenvalue weighted by molar-refractivity contribution is 7.99. The molecule has 11 heteroatoms. The number of H-pyrrole nitrogens is 1. The van der Waals surface area contributed by atoms with Crippen LogP contribution < -0.4 is 10.3 Å². The zero-order chi connectivity index (χ0) is 24.9. The topological polar surface area (TPSA) is 116 Å². The lowest BCUT2D eigenvalue weighted by atomic mass is 9.98. The van der Waals surface area contributed by atoms with Crippen molar-refractivity contribution >= 4 is 34.5 Å². The first-order chi connectivity index (χ1) is 16.8. The Bertz CT molecular complexity index is 1130. The molecule has 9 nitrogen and oxygen atoms in total. The number of aromatic nitrogens is 2. The lowest BCUT2D eigenvalue weighted by molar-refractivity contribution is -0.138. The molecule has 2 N–H and O–H groups in total. The summed E-state index contributed by atoms with van der Waals surface area (Å²) in [7, 11) is 0. The summed E-state index contributed by atoms with van der Waals surface area (Å²) in [6.45, 7) is 4.91. The third kappa shape index (κ3) is 6.72. The maximum absolute atomic E-state index is 14.7. The van der Waals surface area contributed by atoms with Crippen molar-refractivity contribution in [1.29, 1.82) is 0 Å². The fourth-order valence-electron chi connectivity index (χ4n) is 4.65. The minimum atomic E-state index is -0.817. The van der Waals surface area contributed by atoms with Gasteiger partial charge in [0.1, 0.15) is 22.8 Å². The largest absolute Gasteiger partial charge is 0.493 e. The summed E-state index contributed by atoms with van der Waals surface area (Å²) in [4.78, 5) is 45.8. The first kappa shape index (κ1) is 25.4. The maximum Gasteiger partial charge on any atom is 0.317 e. The number of nitrogens with zero attached hydrogens (tertiary/aromatic N) is 3. The Labute approximate surface area is 207 Å². The summed E-state index contributed by atoms with van der Waals surface area (Å²) in [6, 6.07) is 2.83. The molecule has 35 heavy (non-hydrogen) atoms. The van der Waals surface area contributed by atoms with Gasteiger partial charge in [-0.25, -0.2) is 9.37 Å². The average Bonchev–Trinajstić information content (AvgIpc) is 2.82. The fourth-order valence-corrected chi connectivity index (χ4v) is 5.72. The first-order valence-corrected chi connectivity index (χ1v) is 13.0. The number of aromatic amines is 1. The molecule has 1 amide bonds. The molecule has 2 aromatic rings. The van der Waals surface area contributed by atoms with Crippen molar-refractivity contribution in [2.75, 3.05) is 39.3 Å². The van der Waals surface area contributed by atoms with E-state index in [1.807, 2.05) is 9.80 Å². The van der Waals surface area contributed by atoms with Crippen molar-refractivity contribution in [1.82, 2.24) is 19.8 Å². The highest BCUT2D eigenvalue weighted by Gasteiger charge is 2.23. The number of rotatable bonds is 8. The van der Waals surface area contributed by atoms with Crippen LogP contribution in [-0.4, -0.2) is 81.3 Å². The van der Waals surface area contributed by atoms with Gasteiger partial charge in [0.25, 0.3) is 5.56 Å². The van der Waals surface area contributed by atoms with Crippen LogP contribution in [0.4, 0.5) is 4.39 Å². The molecule has 0 atom stereocenters. The Kier molecular flexibility index (Phi) is 8.27. The predicted molar refractivity (Wildman–Crippen MR) is 131 cm³/mol. The molecule has 2 aliphatic rings. The van der Waals surface area contributed by atoms with Crippen molar-refractivity contribution in [3.63, 3.8) is 0 Å². The number of nitrogens with one attached hydrogen (secondary N) is 1. The number of ether oxygens (including phenoxy) is 1. The third-order valence-corrected chi connectivity index (χ3v) is 8.06. The van der Waals surface area contributed by atoms with Crippen LogP contribution in [0.3, 0.4) is 0 Å². The van der Waals surface area contributed by atoms with Gasteiger partial charge in [-0.1, -0.05) is 0 Å². The van der Waals surface area contributed by atoms with E-state index in [0.29, 0.717) is 42.3 Å². The number of hydrogen-bond acceptors (Lipinski definition) is 7. The molecule has 0 radical (unpaired) electrons. The number of carboxylic acids is 1. The molecule has 0 aliphatic carbocycles. The molecule has 2 aliphatic heterocycles. The van der Waals surface area contributed by atoms with E-state index in [1.54, 1.807) is 24.8 Å². The normalized spacial score (nSPS) is 18.2. The highest BCUT2D eigenvalue weighted by Crippen LogP contribution is 2.27. The Balaban J connectivity index is 1.36. The molecule has 2 saturated heterocycles. The molecule has 190 valence electrons. The first-order valence-electron chi connectivity index (χ1n) is 11.9. The average molecular weight is 507 g/mol. The molecule has 0 saturated carbocycles. The smallest absolute Gasteiger partial charge is 0.317 e. The van der Waals surface area contributed by atoms with Crippen molar-refractivity contribution < 1.29 is 23.8 Å².